The smallest absolute Gasteiger partial charge is 0.187 e. The number of rotatable bonds is 3. The molecule has 1 heterocycles. The third-order valence-electron chi connectivity index (χ3n) is 2.32. The molecule has 1 aliphatic heterocycles. The second kappa shape index (κ2) is 5.09. The van der Waals surface area contributed by atoms with Crippen molar-refractivity contribution >= 4 is 8.32 Å². The highest BCUT2D eigenvalue weighted by Crippen LogP contribution is 2.24. The average molecular weight is 252 g/mol. The predicted octanol–water partition coefficient (Wildman–Crippen LogP) is -1.36. The van der Waals surface area contributed by atoms with E-state index in [-0.39, 0.29) is 0 Å². The van der Waals surface area contributed by atoms with Crippen molar-refractivity contribution in [3.05, 3.63) is 0 Å². The fraction of sp³-hybridized carbons (Fsp3) is 1.00. The van der Waals surface area contributed by atoms with Crippen molar-refractivity contribution in [3.63, 3.8) is 0 Å². The van der Waals surface area contributed by atoms with Crippen LogP contribution in [0, 0.1) is 0 Å². The lowest BCUT2D eigenvalue weighted by Gasteiger charge is -2.41. The molecule has 0 amide bonds. The van der Waals surface area contributed by atoms with Crippen molar-refractivity contribution < 1.29 is 29.6 Å². The molecular weight excluding hydrogens is 232 g/mol. The van der Waals surface area contributed by atoms with Crippen LogP contribution in [-0.2, 0) is 9.16 Å². The largest absolute Gasteiger partial charge is 0.394 e. The Balaban J connectivity index is 2.71. The molecule has 96 valence electrons. The van der Waals surface area contributed by atoms with Gasteiger partial charge in [-0.3, -0.25) is 0 Å². The van der Waals surface area contributed by atoms with Gasteiger partial charge in [0.25, 0.3) is 0 Å². The molecule has 1 aliphatic rings. The average Bonchev–Trinajstić information content (AvgIpc) is 2.17. The fourth-order valence-corrected chi connectivity index (χ4v) is 2.41. The van der Waals surface area contributed by atoms with Gasteiger partial charge in [-0.15, -0.1) is 0 Å². The minimum atomic E-state index is -1.94. The molecule has 0 spiro atoms. The van der Waals surface area contributed by atoms with E-state index in [1.807, 2.05) is 19.6 Å². The Kier molecular flexibility index (Phi) is 4.47. The number of ether oxygens (including phenoxy) is 1. The van der Waals surface area contributed by atoms with E-state index < -0.39 is 45.6 Å². The molecule has 0 unspecified atom stereocenters. The summed E-state index contributed by atoms with van der Waals surface area (Å²) in [4.78, 5) is 0. The van der Waals surface area contributed by atoms with Gasteiger partial charge in [-0.2, -0.15) is 0 Å². The van der Waals surface area contributed by atoms with Gasteiger partial charge in [-0.05, 0) is 19.6 Å². The zero-order valence-electron chi connectivity index (χ0n) is 9.70. The summed E-state index contributed by atoms with van der Waals surface area (Å²) in [6.45, 7) is 5.30. The third kappa shape index (κ3) is 3.23. The summed E-state index contributed by atoms with van der Waals surface area (Å²) in [6.07, 6.45) is -5.90. The molecule has 0 aromatic heterocycles. The van der Waals surface area contributed by atoms with Gasteiger partial charge >= 0.3 is 0 Å². The molecule has 4 N–H and O–H groups in total. The van der Waals surface area contributed by atoms with Crippen molar-refractivity contribution in [1.29, 1.82) is 0 Å². The van der Waals surface area contributed by atoms with Crippen LogP contribution < -0.4 is 0 Å². The SMILES string of the molecule is C[Si](C)(C)O[C@H]1O[C@H](CO)[C@H](O)[C@H](O)[C@H]1O. The first-order chi connectivity index (χ1) is 7.26. The molecule has 7 heteroatoms. The highest BCUT2D eigenvalue weighted by atomic mass is 28.4. The van der Waals surface area contributed by atoms with Crippen LogP contribution in [0.4, 0.5) is 0 Å². The second-order valence-corrected chi connectivity index (χ2v) is 9.39. The summed E-state index contributed by atoms with van der Waals surface area (Å²) in [6, 6.07) is 0. The predicted molar refractivity (Wildman–Crippen MR) is 58.2 cm³/mol. The van der Waals surface area contributed by atoms with Crippen LogP contribution in [0.2, 0.25) is 19.6 Å². The number of aliphatic hydroxyl groups excluding tert-OH is 4. The monoisotopic (exact) mass is 252 g/mol. The molecule has 0 aromatic carbocycles. The zero-order valence-corrected chi connectivity index (χ0v) is 10.7. The topological polar surface area (TPSA) is 99.4 Å². The summed E-state index contributed by atoms with van der Waals surface area (Å²) in [5.41, 5.74) is 0. The first kappa shape index (κ1) is 14.0. The summed E-state index contributed by atoms with van der Waals surface area (Å²) in [7, 11) is -1.94. The van der Waals surface area contributed by atoms with Crippen LogP contribution in [0.15, 0.2) is 0 Å². The van der Waals surface area contributed by atoms with Crippen LogP contribution in [0.1, 0.15) is 0 Å². The van der Waals surface area contributed by atoms with Gasteiger partial charge in [0.05, 0.1) is 6.61 Å². The molecule has 6 nitrogen and oxygen atoms in total. The minimum Gasteiger partial charge on any atom is -0.394 e. The first-order valence-electron chi connectivity index (χ1n) is 5.24. The van der Waals surface area contributed by atoms with Crippen molar-refractivity contribution in [2.24, 2.45) is 0 Å². The van der Waals surface area contributed by atoms with E-state index in [9.17, 15) is 15.3 Å². The van der Waals surface area contributed by atoms with Gasteiger partial charge in [-0.25, -0.2) is 0 Å². The van der Waals surface area contributed by atoms with E-state index in [2.05, 4.69) is 0 Å². The number of aliphatic hydroxyl groups is 4. The lowest BCUT2D eigenvalue weighted by molar-refractivity contribution is -0.280. The van der Waals surface area contributed by atoms with Crippen LogP contribution in [0.3, 0.4) is 0 Å². The van der Waals surface area contributed by atoms with E-state index in [0.717, 1.165) is 0 Å². The van der Waals surface area contributed by atoms with Crippen molar-refractivity contribution in [3.8, 4) is 0 Å². The second-order valence-electron chi connectivity index (χ2n) is 4.93. The van der Waals surface area contributed by atoms with E-state index in [1.54, 1.807) is 0 Å². The van der Waals surface area contributed by atoms with Crippen LogP contribution in [-0.4, -0.2) is 66.1 Å². The van der Waals surface area contributed by atoms with Crippen molar-refractivity contribution in [2.45, 2.75) is 50.3 Å². The molecule has 0 bridgehead atoms. The molecule has 0 radical (unpaired) electrons. The Morgan fingerprint density at radius 2 is 1.62 bits per heavy atom. The maximum absolute atomic E-state index is 9.67. The molecular formula is C9H20O6Si. The van der Waals surface area contributed by atoms with E-state index >= 15 is 0 Å². The molecule has 0 aromatic rings. The quantitative estimate of drug-likeness (QED) is 0.463. The molecule has 1 rings (SSSR count). The number of hydrogen-bond acceptors (Lipinski definition) is 6. The minimum absolute atomic E-state index is 0.434. The Hall–Kier alpha value is -0.0231. The molecule has 0 aliphatic carbocycles. The van der Waals surface area contributed by atoms with Crippen LogP contribution >= 0.6 is 0 Å². The van der Waals surface area contributed by atoms with Crippen LogP contribution in [0.5, 0.6) is 0 Å². The van der Waals surface area contributed by atoms with Gasteiger partial charge < -0.3 is 29.6 Å². The maximum Gasteiger partial charge on any atom is 0.187 e. The fourth-order valence-electron chi connectivity index (χ4n) is 1.51. The standard InChI is InChI=1S/C9H20O6Si/c1-16(2,3)15-9-8(13)7(12)6(11)5(4-10)14-9/h5-13H,4H2,1-3H3/t5-,6+,7+,8-,9-/m1/s1. The highest BCUT2D eigenvalue weighted by Gasteiger charge is 2.45. The third-order valence-corrected chi connectivity index (χ3v) is 3.26. The van der Waals surface area contributed by atoms with Crippen molar-refractivity contribution in [1.82, 2.24) is 0 Å². The maximum atomic E-state index is 9.67. The first-order valence-corrected chi connectivity index (χ1v) is 8.65. The van der Waals surface area contributed by atoms with Crippen LogP contribution in [0.25, 0.3) is 0 Å². The summed E-state index contributed by atoms with van der Waals surface area (Å²) in [5.74, 6) is 0. The Morgan fingerprint density at radius 3 is 2.06 bits per heavy atom. The lowest BCUT2D eigenvalue weighted by Crippen LogP contribution is -2.60. The van der Waals surface area contributed by atoms with Gasteiger partial charge in [0.2, 0.25) is 0 Å². The van der Waals surface area contributed by atoms with E-state index in [0.29, 0.717) is 0 Å². The van der Waals surface area contributed by atoms with Gasteiger partial charge in [0.1, 0.15) is 24.4 Å². The van der Waals surface area contributed by atoms with Gasteiger partial charge in [-0.1, -0.05) is 0 Å². The number of hydrogen-bond donors (Lipinski definition) is 4. The molecule has 16 heavy (non-hydrogen) atoms. The van der Waals surface area contributed by atoms with Gasteiger partial charge in [0.15, 0.2) is 14.6 Å². The molecule has 5 atom stereocenters. The Morgan fingerprint density at radius 1 is 1.06 bits per heavy atom. The molecule has 0 saturated carbocycles. The Labute approximate surface area is 95.6 Å². The molecule has 1 fully saturated rings. The van der Waals surface area contributed by atoms with E-state index in [4.69, 9.17) is 14.3 Å². The summed E-state index contributed by atoms with van der Waals surface area (Å²) < 4.78 is 10.7. The summed E-state index contributed by atoms with van der Waals surface area (Å²) >= 11 is 0. The van der Waals surface area contributed by atoms with Gasteiger partial charge in [0, 0.05) is 0 Å². The van der Waals surface area contributed by atoms with E-state index in [1.165, 1.54) is 0 Å². The summed E-state index contributed by atoms with van der Waals surface area (Å²) in [5, 5.41) is 37.7. The zero-order chi connectivity index (χ0) is 12.5. The Bertz CT molecular complexity index is 229. The lowest BCUT2D eigenvalue weighted by atomic mass is 10.00. The molecule has 1 saturated heterocycles. The normalized spacial score (nSPS) is 41.1. The highest BCUT2D eigenvalue weighted by molar-refractivity contribution is 6.69. The van der Waals surface area contributed by atoms with Crippen molar-refractivity contribution in [2.75, 3.05) is 6.61 Å².